The van der Waals surface area contributed by atoms with E-state index in [9.17, 15) is 19.7 Å². The predicted octanol–water partition coefficient (Wildman–Crippen LogP) is 1.89. The van der Waals surface area contributed by atoms with Gasteiger partial charge in [-0.3, -0.25) is 14.9 Å². The monoisotopic (exact) mass is 292 g/mol. The molecule has 1 fully saturated rings. The Kier molecular flexibility index (Phi) is 4.21. The molecule has 1 saturated heterocycles. The second kappa shape index (κ2) is 5.90. The van der Waals surface area contributed by atoms with Crippen molar-refractivity contribution in [2.75, 3.05) is 7.11 Å². The summed E-state index contributed by atoms with van der Waals surface area (Å²) in [7, 11) is 1.17. The first-order valence-electron chi connectivity index (χ1n) is 6.59. The van der Waals surface area contributed by atoms with Crippen molar-refractivity contribution in [2.24, 2.45) is 0 Å². The van der Waals surface area contributed by atoms with E-state index in [0.29, 0.717) is 18.5 Å². The Morgan fingerprint density at radius 3 is 2.76 bits per heavy atom. The molecule has 1 aromatic rings. The predicted molar refractivity (Wildman–Crippen MR) is 73.7 cm³/mol. The van der Waals surface area contributed by atoms with Crippen molar-refractivity contribution in [1.82, 2.24) is 4.90 Å². The van der Waals surface area contributed by atoms with Crippen LogP contribution in [0.25, 0.3) is 0 Å². The fraction of sp³-hybridized carbons (Fsp3) is 0.429. The molecule has 1 atom stereocenters. The summed E-state index contributed by atoms with van der Waals surface area (Å²) in [5.41, 5.74) is 0.272. The van der Waals surface area contributed by atoms with Gasteiger partial charge >= 0.3 is 5.97 Å². The lowest BCUT2D eigenvalue weighted by molar-refractivity contribution is -0.385. The summed E-state index contributed by atoms with van der Waals surface area (Å²) in [6, 6.07) is 4.38. The van der Waals surface area contributed by atoms with Crippen LogP contribution in [-0.4, -0.2) is 34.9 Å². The first-order chi connectivity index (χ1) is 9.93. The van der Waals surface area contributed by atoms with Gasteiger partial charge in [-0.1, -0.05) is 6.07 Å². The number of amides is 1. The number of methoxy groups -OCH3 is 1. The first-order valence-corrected chi connectivity index (χ1v) is 6.59. The van der Waals surface area contributed by atoms with E-state index < -0.39 is 10.9 Å². The van der Waals surface area contributed by atoms with Crippen molar-refractivity contribution >= 4 is 17.6 Å². The highest BCUT2D eigenvalue weighted by atomic mass is 16.6. The maximum atomic E-state index is 11.8. The molecule has 0 N–H and O–H groups in total. The average Bonchev–Trinajstić information content (AvgIpc) is 2.78. The van der Waals surface area contributed by atoms with Gasteiger partial charge in [-0.05, 0) is 25.0 Å². The van der Waals surface area contributed by atoms with Gasteiger partial charge in [0.2, 0.25) is 5.91 Å². The van der Waals surface area contributed by atoms with Crippen LogP contribution in [-0.2, 0) is 16.1 Å². The van der Waals surface area contributed by atoms with Crippen LogP contribution in [0, 0.1) is 10.1 Å². The van der Waals surface area contributed by atoms with E-state index in [1.165, 1.54) is 19.2 Å². The van der Waals surface area contributed by atoms with Crippen molar-refractivity contribution in [3.63, 3.8) is 0 Å². The van der Waals surface area contributed by atoms with Crippen LogP contribution in [0.5, 0.6) is 0 Å². The van der Waals surface area contributed by atoms with Crippen molar-refractivity contribution in [3.8, 4) is 0 Å². The van der Waals surface area contributed by atoms with Gasteiger partial charge in [0.25, 0.3) is 5.69 Å². The summed E-state index contributed by atoms with van der Waals surface area (Å²) in [5, 5.41) is 10.9. The maximum absolute atomic E-state index is 11.8. The third-order valence-corrected chi connectivity index (χ3v) is 3.64. The molecule has 1 aliphatic rings. The number of nitro groups is 1. The summed E-state index contributed by atoms with van der Waals surface area (Å²) < 4.78 is 4.57. The number of carbonyl (C=O) groups is 2. The van der Waals surface area contributed by atoms with Crippen LogP contribution in [0.3, 0.4) is 0 Å². The zero-order valence-corrected chi connectivity index (χ0v) is 11.9. The molecular weight excluding hydrogens is 276 g/mol. The van der Waals surface area contributed by atoms with Gasteiger partial charge < -0.3 is 9.64 Å². The summed E-state index contributed by atoms with van der Waals surface area (Å²) in [4.78, 5) is 35.4. The molecule has 1 aromatic carbocycles. The first kappa shape index (κ1) is 15.0. The van der Waals surface area contributed by atoms with Crippen LogP contribution >= 0.6 is 0 Å². The number of rotatable bonds is 4. The van der Waals surface area contributed by atoms with E-state index in [2.05, 4.69) is 4.74 Å². The van der Waals surface area contributed by atoms with Gasteiger partial charge in [-0.2, -0.15) is 0 Å². The lowest BCUT2D eigenvalue weighted by Gasteiger charge is -2.21. The second-order valence-corrected chi connectivity index (χ2v) is 5.01. The van der Waals surface area contributed by atoms with Crippen molar-refractivity contribution < 1.29 is 19.2 Å². The zero-order valence-electron chi connectivity index (χ0n) is 11.9. The minimum absolute atomic E-state index is 0.0560. The van der Waals surface area contributed by atoms with Gasteiger partial charge in [0.05, 0.1) is 12.0 Å². The largest absolute Gasteiger partial charge is 0.465 e. The van der Waals surface area contributed by atoms with Crippen LogP contribution in [0.1, 0.15) is 35.7 Å². The zero-order chi connectivity index (χ0) is 15.6. The normalized spacial score (nSPS) is 17.9. The van der Waals surface area contributed by atoms with Gasteiger partial charge in [0.1, 0.15) is 5.56 Å². The number of ether oxygens (including phenoxy) is 1. The number of esters is 1. The van der Waals surface area contributed by atoms with Crippen molar-refractivity contribution in [1.29, 1.82) is 0 Å². The SMILES string of the molecule is COC(=O)c1cc(CN2C(=O)CCC2C)ccc1[N+](=O)[O-]. The number of carbonyl (C=O) groups excluding carboxylic acids is 2. The van der Waals surface area contributed by atoms with Gasteiger partial charge in [-0.25, -0.2) is 4.79 Å². The second-order valence-electron chi connectivity index (χ2n) is 5.01. The van der Waals surface area contributed by atoms with Crippen molar-refractivity contribution in [2.45, 2.75) is 32.4 Å². The quantitative estimate of drug-likeness (QED) is 0.480. The molecule has 1 aliphatic heterocycles. The highest BCUT2D eigenvalue weighted by molar-refractivity contribution is 5.94. The minimum atomic E-state index is -0.760. The van der Waals surface area contributed by atoms with Gasteiger partial charge in [0.15, 0.2) is 0 Å². The summed E-state index contributed by atoms with van der Waals surface area (Å²) in [6.07, 6.45) is 1.31. The van der Waals surface area contributed by atoms with Gasteiger partial charge in [-0.15, -0.1) is 0 Å². The summed E-state index contributed by atoms with van der Waals surface area (Å²) >= 11 is 0. The molecule has 2 rings (SSSR count). The molecule has 7 heteroatoms. The van der Waals surface area contributed by atoms with Crippen LogP contribution in [0.4, 0.5) is 5.69 Å². The summed E-state index contributed by atoms with van der Waals surface area (Å²) in [6.45, 7) is 2.29. The fourth-order valence-corrected chi connectivity index (χ4v) is 2.43. The third-order valence-electron chi connectivity index (χ3n) is 3.64. The minimum Gasteiger partial charge on any atom is -0.465 e. The number of benzene rings is 1. The van der Waals surface area contributed by atoms with Crippen LogP contribution in [0.15, 0.2) is 18.2 Å². The number of hydrogen-bond donors (Lipinski definition) is 0. The molecular formula is C14H16N2O5. The molecule has 1 heterocycles. The van der Waals surface area contributed by atoms with E-state index in [1.54, 1.807) is 11.0 Å². The molecule has 0 aliphatic carbocycles. The Morgan fingerprint density at radius 1 is 1.52 bits per heavy atom. The van der Waals surface area contributed by atoms with Crippen LogP contribution < -0.4 is 0 Å². The van der Waals surface area contributed by atoms with Crippen molar-refractivity contribution in [3.05, 3.63) is 39.4 Å². The van der Waals surface area contributed by atoms with E-state index in [-0.39, 0.29) is 23.2 Å². The maximum Gasteiger partial charge on any atom is 0.344 e. The van der Waals surface area contributed by atoms with E-state index in [0.717, 1.165) is 6.42 Å². The molecule has 1 unspecified atom stereocenters. The van der Waals surface area contributed by atoms with E-state index in [4.69, 9.17) is 0 Å². The standard InChI is InChI=1S/C14H16N2O5/c1-9-3-6-13(17)15(9)8-10-4-5-12(16(19)20)11(7-10)14(18)21-2/h4-5,7,9H,3,6,8H2,1-2H3. The third kappa shape index (κ3) is 3.01. The number of nitrogens with zero attached hydrogens (tertiary/aromatic N) is 2. The molecule has 21 heavy (non-hydrogen) atoms. The number of likely N-dealkylation sites (tertiary alicyclic amines) is 1. The Morgan fingerprint density at radius 2 is 2.24 bits per heavy atom. The smallest absolute Gasteiger partial charge is 0.344 e. The number of nitro benzene ring substituents is 1. The number of hydrogen-bond acceptors (Lipinski definition) is 5. The van der Waals surface area contributed by atoms with Crippen LogP contribution in [0.2, 0.25) is 0 Å². The Bertz CT molecular complexity index is 599. The molecule has 0 radical (unpaired) electrons. The summed E-state index contributed by atoms with van der Waals surface area (Å²) in [5.74, 6) is -0.704. The molecule has 0 aromatic heterocycles. The molecule has 1 amide bonds. The van der Waals surface area contributed by atoms with Gasteiger partial charge in [0, 0.05) is 25.1 Å². The topological polar surface area (TPSA) is 89.8 Å². The lowest BCUT2D eigenvalue weighted by atomic mass is 10.1. The Labute approximate surface area is 121 Å². The Balaban J connectivity index is 2.31. The average molecular weight is 292 g/mol. The molecule has 0 saturated carbocycles. The Hall–Kier alpha value is -2.44. The molecule has 7 nitrogen and oxygen atoms in total. The molecule has 112 valence electrons. The fourth-order valence-electron chi connectivity index (χ4n) is 2.43. The molecule has 0 bridgehead atoms. The highest BCUT2D eigenvalue weighted by Gasteiger charge is 2.28. The lowest BCUT2D eigenvalue weighted by Crippen LogP contribution is -2.30. The molecule has 0 spiro atoms. The highest BCUT2D eigenvalue weighted by Crippen LogP contribution is 2.25. The van der Waals surface area contributed by atoms with E-state index >= 15 is 0 Å². The van der Waals surface area contributed by atoms with E-state index in [1.807, 2.05) is 6.92 Å².